The Morgan fingerprint density at radius 1 is 1.27 bits per heavy atom. The van der Waals surface area contributed by atoms with Gasteiger partial charge in [-0.15, -0.1) is 0 Å². The molecule has 1 aromatic carbocycles. The highest BCUT2D eigenvalue weighted by atomic mass is 19.1. The van der Waals surface area contributed by atoms with Crippen LogP contribution in [0.4, 0.5) is 27.4 Å². The van der Waals surface area contributed by atoms with Crippen LogP contribution < -0.4 is 20.3 Å². The number of aromatic nitrogens is 4. The first-order chi connectivity index (χ1) is 19.3. The summed E-state index contributed by atoms with van der Waals surface area (Å²) in [5.41, 5.74) is 3.64. The maximum Gasteiger partial charge on any atom is 0.283 e. The van der Waals surface area contributed by atoms with E-state index in [-0.39, 0.29) is 11.5 Å². The molecule has 0 radical (unpaired) electrons. The van der Waals surface area contributed by atoms with E-state index in [2.05, 4.69) is 48.1 Å². The van der Waals surface area contributed by atoms with Gasteiger partial charge < -0.3 is 25.2 Å². The lowest BCUT2D eigenvalue weighted by Gasteiger charge is -2.25. The predicted octanol–water partition coefficient (Wildman–Crippen LogP) is 3.98. The summed E-state index contributed by atoms with van der Waals surface area (Å²) < 4.78 is 21.1. The Balaban J connectivity index is 1.55. The Morgan fingerprint density at radius 2 is 2.10 bits per heavy atom. The Hall–Kier alpha value is -5.02. The van der Waals surface area contributed by atoms with Gasteiger partial charge in [-0.05, 0) is 38.7 Å². The minimum Gasteiger partial charge on any atom is -0.494 e. The summed E-state index contributed by atoms with van der Waals surface area (Å²) in [6, 6.07) is 11.5. The zero-order valence-corrected chi connectivity index (χ0v) is 22.3. The van der Waals surface area contributed by atoms with Gasteiger partial charge in [0.05, 0.1) is 53.3 Å². The topological polar surface area (TPSA) is 124 Å². The van der Waals surface area contributed by atoms with E-state index in [4.69, 9.17) is 4.74 Å². The van der Waals surface area contributed by atoms with Gasteiger partial charge in [-0.1, -0.05) is 12.6 Å². The molecule has 1 saturated heterocycles. The molecule has 40 heavy (non-hydrogen) atoms. The molecule has 0 aliphatic carbocycles. The van der Waals surface area contributed by atoms with Gasteiger partial charge >= 0.3 is 0 Å². The SMILES string of the molecule is C=C(F)C(=O)Nc1cc(Nc2ncc(C#N)c(-c3cnn4ccccc34)n2)c(OC)cc1N1CC[C@@H](N(C)C)C1. The number of carbonyl (C=O) groups excluding carboxylic acids is 1. The van der Waals surface area contributed by atoms with Crippen LogP contribution in [0.1, 0.15) is 12.0 Å². The molecule has 0 bridgehead atoms. The first kappa shape index (κ1) is 26.6. The zero-order valence-electron chi connectivity index (χ0n) is 22.3. The van der Waals surface area contributed by atoms with Crippen molar-refractivity contribution in [2.45, 2.75) is 12.5 Å². The van der Waals surface area contributed by atoms with Crippen molar-refractivity contribution in [3.8, 4) is 23.1 Å². The number of anilines is 4. The Labute approximate surface area is 230 Å². The van der Waals surface area contributed by atoms with Gasteiger partial charge in [0.1, 0.15) is 11.8 Å². The summed E-state index contributed by atoms with van der Waals surface area (Å²) in [7, 11) is 5.58. The molecule has 1 fully saturated rings. The molecule has 4 heterocycles. The van der Waals surface area contributed by atoms with Crippen molar-refractivity contribution in [1.82, 2.24) is 24.5 Å². The molecule has 0 unspecified atom stereocenters. The zero-order chi connectivity index (χ0) is 28.4. The second kappa shape index (κ2) is 11.0. The highest BCUT2D eigenvalue weighted by Gasteiger charge is 2.28. The number of halogens is 1. The lowest BCUT2D eigenvalue weighted by Crippen LogP contribution is -2.31. The molecular weight excluding hydrogens is 513 g/mol. The van der Waals surface area contributed by atoms with Gasteiger partial charge in [0, 0.05) is 37.0 Å². The molecule has 11 nitrogen and oxygen atoms in total. The number of methoxy groups -OCH3 is 1. The van der Waals surface area contributed by atoms with Crippen LogP contribution in [0.3, 0.4) is 0 Å². The van der Waals surface area contributed by atoms with Crippen LogP contribution in [-0.2, 0) is 4.79 Å². The standard InChI is InChI=1S/C28H28FN9O2/c1-17(29)27(39)33-21-11-22(25(40-4)12-24(21)37-10-8-19(16-37)36(2)3)34-28-31-14-18(13-30)26(35-28)20-15-32-38-9-6-5-7-23(20)38/h5-7,9,11-12,14-15,19H,1,8,10,16H2,2-4H3,(H,33,39)(H,31,34,35)/t19-/m1/s1. The van der Waals surface area contributed by atoms with Crippen LogP contribution in [0.25, 0.3) is 16.8 Å². The quantitative estimate of drug-likeness (QED) is 0.319. The number of nitrogens with one attached hydrogen (secondary N) is 2. The molecule has 0 saturated carbocycles. The van der Waals surface area contributed by atoms with E-state index in [9.17, 15) is 14.4 Å². The Kier molecular flexibility index (Phi) is 7.31. The summed E-state index contributed by atoms with van der Waals surface area (Å²) in [5, 5.41) is 19.8. The number of hydrogen-bond donors (Lipinski definition) is 2. The van der Waals surface area contributed by atoms with Crippen molar-refractivity contribution in [3.05, 3.63) is 66.9 Å². The molecule has 3 aromatic heterocycles. The number of pyridine rings is 1. The normalized spacial score (nSPS) is 14.8. The average Bonchev–Trinajstić information content (AvgIpc) is 3.61. The van der Waals surface area contributed by atoms with Gasteiger partial charge in [0.15, 0.2) is 5.83 Å². The smallest absolute Gasteiger partial charge is 0.283 e. The first-order valence-corrected chi connectivity index (χ1v) is 12.5. The summed E-state index contributed by atoms with van der Waals surface area (Å²) in [6.45, 7) is 4.59. The highest BCUT2D eigenvalue weighted by molar-refractivity contribution is 6.04. The second-order valence-corrected chi connectivity index (χ2v) is 9.56. The van der Waals surface area contributed by atoms with Crippen LogP contribution in [0.15, 0.2) is 61.3 Å². The largest absolute Gasteiger partial charge is 0.494 e. The third kappa shape index (κ3) is 5.14. The highest BCUT2D eigenvalue weighted by Crippen LogP contribution is 2.40. The first-order valence-electron chi connectivity index (χ1n) is 12.5. The molecule has 12 heteroatoms. The fourth-order valence-electron chi connectivity index (χ4n) is 4.74. The molecule has 2 N–H and O–H groups in total. The number of nitrogens with zero attached hydrogens (tertiary/aromatic N) is 7. The maximum absolute atomic E-state index is 13.7. The van der Waals surface area contributed by atoms with E-state index in [1.54, 1.807) is 29.0 Å². The Morgan fingerprint density at radius 3 is 2.80 bits per heavy atom. The van der Waals surface area contributed by atoms with E-state index < -0.39 is 11.7 Å². The van der Waals surface area contributed by atoms with Crippen molar-refractivity contribution >= 4 is 34.4 Å². The lowest BCUT2D eigenvalue weighted by molar-refractivity contribution is -0.114. The van der Waals surface area contributed by atoms with E-state index >= 15 is 0 Å². The molecule has 4 aromatic rings. The van der Waals surface area contributed by atoms with Gasteiger partial charge in [-0.25, -0.2) is 18.9 Å². The molecule has 5 rings (SSSR count). The number of amides is 1. The van der Waals surface area contributed by atoms with Crippen molar-refractivity contribution in [1.29, 1.82) is 5.26 Å². The third-order valence-electron chi connectivity index (χ3n) is 6.88. The van der Waals surface area contributed by atoms with Gasteiger partial charge in [-0.2, -0.15) is 10.4 Å². The number of fused-ring (bicyclic) bond motifs is 1. The fourth-order valence-corrected chi connectivity index (χ4v) is 4.74. The number of carbonyl (C=O) groups is 1. The van der Waals surface area contributed by atoms with Crippen LogP contribution >= 0.6 is 0 Å². The molecule has 1 amide bonds. The molecule has 1 aliphatic rings. The number of hydrogen-bond acceptors (Lipinski definition) is 9. The van der Waals surface area contributed by atoms with Crippen LogP contribution in [0.5, 0.6) is 5.75 Å². The van der Waals surface area contributed by atoms with E-state index in [0.717, 1.165) is 25.0 Å². The minimum atomic E-state index is -1.10. The Bertz CT molecular complexity index is 1640. The number of ether oxygens (including phenoxy) is 1. The summed E-state index contributed by atoms with van der Waals surface area (Å²) in [6.07, 6.45) is 5.82. The average molecular weight is 542 g/mol. The van der Waals surface area contributed by atoms with E-state index in [0.29, 0.717) is 40.1 Å². The van der Waals surface area contributed by atoms with E-state index in [1.165, 1.54) is 13.3 Å². The monoisotopic (exact) mass is 541 g/mol. The van der Waals surface area contributed by atoms with Crippen molar-refractivity contribution < 1.29 is 13.9 Å². The van der Waals surface area contributed by atoms with Crippen molar-refractivity contribution in [3.63, 3.8) is 0 Å². The minimum absolute atomic E-state index is 0.191. The number of likely N-dealkylation sites (N-methyl/N-ethyl adjacent to an activating group) is 1. The van der Waals surface area contributed by atoms with Crippen molar-refractivity contribution in [2.75, 3.05) is 49.8 Å². The molecule has 204 valence electrons. The third-order valence-corrected chi connectivity index (χ3v) is 6.88. The second-order valence-electron chi connectivity index (χ2n) is 9.56. The lowest BCUT2D eigenvalue weighted by atomic mass is 10.1. The number of nitriles is 1. The maximum atomic E-state index is 13.7. The molecule has 1 aliphatic heterocycles. The van der Waals surface area contributed by atoms with Crippen LogP contribution in [0, 0.1) is 11.3 Å². The summed E-state index contributed by atoms with van der Waals surface area (Å²) in [4.78, 5) is 25.5. The molecule has 0 spiro atoms. The van der Waals surface area contributed by atoms with Gasteiger partial charge in [0.2, 0.25) is 5.95 Å². The van der Waals surface area contributed by atoms with E-state index in [1.807, 2.05) is 32.3 Å². The molecular formula is C28H28FN9O2. The summed E-state index contributed by atoms with van der Waals surface area (Å²) in [5.74, 6) is -1.38. The van der Waals surface area contributed by atoms with Crippen LogP contribution in [-0.4, -0.2) is 70.7 Å². The fraction of sp³-hybridized carbons (Fsp3) is 0.250. The number of rotatable bonds is 8. The predicted molar refractivity (Wildman–Crippen MR) is 150 cm³/mol. The molecule has 1 atom stereocenters. The summed E-state index contributed by atoms with van der Waals surface area (Å²) >= 11 is 0. The number of benzene rings is 1. The van der Waals surface area contributed by atoms with Crippen LogP contribution in [0.2, 0.25) is 0 Å². The van der Waals surface area contributed by atoms with Gasteiger partial charge in [-0.3, -0.25) is 4.79 Å². The van der Waals surface area contributed by atoms with Crippen molar-refractivity contribution in [2.24, 2.45) is 0 Å². The van der Waals surface area contributed by atoms with Gasteiger partial charge in [0.25, 0.3) is 5.91 Å².